The predicted octanol–water partition coefficient (Wildman–Crippen LogP) is 1.59. The smallest absolute Gasteiger partial charge is 0.228 e. The van der Waals surface area contributed by atoms with E-state index >= 15 is 0 Å². The summed E-state index contributed by atoms with van der Waals surface area (Å²) in [6, 6.07) is 2.06. The van der Waals surface area contributed by atoms with Gasteiger partial charge in [-0.3, -0.25) is 0 Å². The first-order valence-electron chi connectivity index (χ1n) is 5.34. The van der Waals surface area contributed by atoms with Gasteiger partial charge in [0, 0.05) is 13.0 Å². The molecule has 0 fully saturated rings. The van der Waals surface area contributed by atoms with Crippen molar-refractivity contribution in [3.05, 3.63) is 16.9 Å². The van der Waals surface area contributed by atoms with Crippen LogP contribution in [0.2, 0.25) is 0 Å². The van der Waals surface area contributed by atoms with E-state index in [4.69, 9.17) is 5.26 Å². The van der Waals surface area contributed by atoms with E-state index in [0.29, 0.717) is 16.0 Å². The fourth-order valence-electron chi connectivity index (χ4n) is 1.32. The van der Waals surface area contributed by atoms with Gasteiger partial charge in [0.1, 0.15) is 10.9 Å². The monoisotopic (exact) mass is 248 g/mol. The number of nitrogens with one attached hydrogen (secondary N) is 1. The molecule has 2 aromatic rings. The molecule has 0 spiro atoms. The van der Waals surface area contributed by atoms with Gasteiger partial charge in [-0.25, -0.2) is 4.98 Å². The Morgan fingerprint density at radius 2 is 2.35 bits per heavy atom. The van der Waals surface area contributed by atoms with Gasteiger partial charge in [0.2, 0.25) is 11.1 Å². The summed E-state index contributed by atoms with van der Waals surface area (Å²) in [5.41, 5.74) is 0. The van der Waals surface area contributed by atoms with Crippen LogP contribution in [0, 0.1) is 11.3 Å². The molecule has 0 aliphatic heterocycles. The van der Waals surface area contributed by atoms with E-state index in [2.05, 4.69) is 26.5 Å². The Balaban J connectivity index is 2.42. The Kier molecular flexibility index (Phi) is 3.35. The molecule has 6 nitrogen and oxygen atoms in total. The number of rotatable bonds is 4. The topological polar surface area (TPSA) is 79.4 Å². The molecule has 0 aliphatic rings. The molecule has 0 aliphatic carbocycles. The van der Waals surface area contributed by atoms with Crippen molar-refractivity contribution in [2.75, 3.05) is 11.9 Å². The fraction of sp³-hybridized carbons (Fsp3) is 0.400. The van der Waals surface area contributed by atoms with Crippen molar-refractivity contribution >= 4 is 17.3 Å². The molecule has 0 atom stereocenters. The van der Waals surface area contributed by atoms with Gasteiger partial charge in [-0.1, -0.05) is 18.3 Å². The lowest BCUT2D eigenvalue weighted by molar-refractivity contribution is 0.832. The maximum absolute atomic E-state index is 8.78. The second-order valence-electron chi connectivity index (χ2n) is 3.27. The molecule has 17 heavy (non-hydrogen) atoms. The number of aromatic nitrogens is 4. The van der Waals surface area contributed by atoms with Crippen molar-refractivity contribution in [3.63, 3.8) is 0 Å². The van der Waals surface area contributed by atoms with Crippen molar-refractivity contribution < 1.29 is 0 Å². The fourth-order valence-corrected chi connectivity index (χ4v) is 1.99. The lowest BCUT2D eigenvalue weighted by Crippen LogP contribution is -2.06. The third-order valence-corrected chi connectivity index (χ3v) is 2.96. The van der Waals surface area contributed by atoms with Crippen LogP contribution < -0.4 is 5.32 Å². The van der Waals surface area contributed by atoms with Crippen LogP contribution in [0.4, 0.5) is 5.95 Å². The molecule has 0 bridgehead atoms. The molecular formula is C10H12N6S. The van der Waals surface area contributed by atoms with E-state index in [1.807, 2.05) is 13.8 Å². The Morgan fingerprint density at radius 1 is 1.53 bits per heavy atom. The zero-order valence-corrected chi connectivity index (χ0v) is 10.5. The predicted molar refractivity (Wildman–Crippen MR) is 65.3 cm³/mol. The van der Waals surface area contributed by atoms with Crippen LogP contribution in [0.1, 0.15) is 24.5 Å². The van der Waals surface area contributed by atoms with Crippen molar-refractivity contribution in [1.29, 1.82) is 5.26 Å². The van der Waals surface area contributed by atoms with Crippen LogP contribution in [0.3, 0.4) is 0 Å². The van der Waals surface area contributed by atoms with Crippen LogP contribution in [-0.4, -0.2) is 26.3 Å². The maximum Gasteiger partial charge on any atom is 0.228 e. The van der Waals surface area contributed by atoms with Crippen LogP contribution in [0.5, 0.6) is 0 Å². The highest BCUT2D eigenvalue weighted by Crippen LogP contribution is 2.19. The number of hydrogen-bond acceptors (Lipinski definition) is 6. The van der Waals surface area contributed by atoms with Gasteiger partial charge in [-0.2, -0.15) is 14.9 Å². The van der Waals surface area contributed by atoms with Gasteiger partial charge in [0.25, 0.3) is 0 Å². The highest BCUT2D eigenvalue weighted by atomic mass is 32.1. The Labute approximate surface area is 103 Å². The van der Waals surface area contributed by atoms with Crippen LogP contribution >= 0.6 is 11.3 Å². The quantitative estimate of drug-likeness (QED) is 0.888. The molecule has 2 heterocycles. The standard InChI is InChI=1S/C10H12N6S/c1-3-8-14-9(12-4-2)16(15-8)10-13-6-7(5-11)17-10/h6H,3-4H2,1-2H3,(H,12,14,15). The van der Waals surface area contributed by atoms with Crippen LogP contribution in [-0.2, 0) is 6.42 Å². The number of nitrogens with zero attached hydrogens (tertiary/aromatic N) is 5. The third kappa shape index (κ3) is 2.26. The molecule has 0 saturated heterocycles. The molecule has 0 amide bonds. The minimum absolute atomic E-state index is 0.566. The van der Waals surface area contributed by atoms with Gasteiger partial charge < -0.3 is 5.32 Å². The summed E-state index contributed by atoms with van der Waals surface area (Å²) < 4.78 is 1.65. The summed E-state index contributed by atoms with van der Waals surface area (Å²) in [5.74, 6) is 1.43. The van der Waals surface area contributed by atoms with E-state index in [1.165, 1.54) is 11.3 Å². The molecule has 0 saturated carbocycles. The lowest BCUT2D eigenvalue weighted by atomic mass is 10.5. The summed E-state index contributed by atoms with van der Waals surface area (Å²) in [7, 11) is 0. The van der Waals surface area contributed by atoms with E-state index < -0.39 is 0 Å². The minimum atomic E-state index is 0.566. The molecule has 7 heteroatoms. The van der Waals surface area contributed by atoms with E-state index in [0.717, 1.165) is 18.8 Å². The van der Waals surface area contributed by atoms with E-state index in [-0.39, 0.29) is 0 Å². The third-order valence-electron chi connectivity index (χ3n) is 2.09. The van der Waals surface area contributed by atoms with Gasteiger partial charge >= 0.3 is 0 Å². The first-order chi connectivity index (χ1) is 8.28. The van der Waals surface area contributed by atoms with Crippen molar-refractivity contribution in [1.82, 2.24) is 19.7 Å². The summed E-state index contributed by atoms with van der Waals surface area (Å²) in [5, 5.41) is 16.9. The number of anilines is 1. The molecule has 0 radical (unpaired) electrons. The summed E-state index contributed by atoms with van der Waals surface area (Å²) in [4.78, 5) is 9.08. The number of hydrogen-bond donors (Lipinski definition) is 1. The molecule has 88 valence electrons. The van der Waals surface area contributed by atoms with Gasteiger partial charge in [-0.05, 0) is 6.92 Å². The maximum atomic E-state index is 8.78. The normalized spacial score (nSPS) is 10.2. The van der Waals surface area contributed by atoms with Crippen LogP contribution in [0.25, 0.3) is 5.13 Å². The average molecular weight is 248 g/mol. The van der Waals surface area contributed by atoms with Crippen molar-refractivity contribution in [2.45, 2.75) is 20.3 Å². The van der Waals surface area contributed by atoms with Gasteiger partial charge in [0.15, 0.2) is 5.82 Å². The highest BCUT2D eigenvalue weighted by Gasteiger charge is 2.13. The average Bonchev–Trinajstić information content (AvgIpc) is 2.95. The molecule has 1 N–H and O–H groups in total. The lowest BCUT2D eigenvalue weighted by Gasteiger charge is -2.01. The van der Waals surface area contributed by atoms with E-state index in [1.54, 1.807) is 10.9 Å². The zero-order chi connectivity index (χ0) is 12.3. The minimum Gasteiger partial charge on any atom is -0.354 e. The largest absolute Gasteiger partial charge is 0.354 e. The first kappa shape index (κ1) is 11.5. The molecule has 0 unspecified atom stereocenters. The molecular weight excluding hydrogens is 236 g/mol. The number of aryl methyl sites for hydroxylation is 1. The summed E-state index contributed by atoms with van der Waals surface area (Å²) >= 11 is 1.30. The summed E-state index contributed by atoms with van der Waals surface area (Å²) in [6.45, 7) is 4.75. The first-order valence-corrected chi connectivity index (χ1v) is 6.16. The van der Waals surface area contributed by atoms with Crippen LogP contribution in [0.15, 0.2) is 6.20 Å². The molecule has 2 aromatic heterocycles. The Bertz CT molecular complexity index is 549. The van der Waals surface area contributed by atoms with E-state index in [9.17, 15) is 0 Å². The van der Waals surface area contributed by atoms with Crippen molar-refractivity contribution in [2.24, 2.45) is 0 Å². The second kappa shape index (κ2) is 4.93. The molecule has 2 rings (SSSR count). The second-order valence-corrected chi connectivity index (χ2v) is 4.28. The van der Waals surface area contributed by atoms with Gasteiger partial charge in [-0.15, -0.1) is 5.10 Å². The van der Waals surface area contributed by atoms with Gasteiger partial charge in [0.05, 0.1) is 6.20 Å². The SMILES string of the molecule is CCNc1nc(CC)nn1-c1ncc(C#N)s1. The number of thiazole rings is 1. The van der Waals surface area contributed by atoms with Crippen molar-refractivity contribution in [3.8, 4) is 11.2 Å². The Hall–Kier alpha value is -1.94. The zero-order valence-electron chi connectivity index (χ0n) is 9.64. The Morgan fingerprint density at radius 3 is 2.94 bits per heavy atom. The number of nitriles is 1. The highest BCUT2D eigenvalue weighted by molar-refractivity contribution is 7.14. The molecule has 0 aromatic carbocycles. The summed E-state index contributed by atoms with van der Waals surface area (Å²) in [6.07, 6.45) is 2.31.